The summed E-state index contributed by atoms with van der Waals surface area (Å²) in [5.41, 5.74) is 1.48. The number of H-pyrrole nitrogens is 1. The molecule has 1 saturated heterocycles. The summed E-state index contributed by atoms with van der Waals surface area (Å²) in [5.74, 6) is 0.616. The fraction of sp³-hybridized carbons (Fsp3) is 0.733. The van der Waals surface area contributed by atoms with Gasteiger partial charge in [0.15, 0.2) is 5.82 Å². The zero-order valence-corrected chi connectivity index (χ0v) is 11.7. The Kier molecular flexibility index (Phi) is 3.33. The van der Waals surface area contributed by atoms with Crippen molar-refractivity contribution in [1.82, 2.24) is 9.97 Å². The van der Waals surface area contributed by atoms with E-state index < -0.39 is 0 Å². The lowest BCUT2D eigenvalue weighted by Crippen LogP contribution is -2.41. The van der Waals surface area contributed by atoms with Gasteiger partial charge in [-0.25, -0.2) is 4.98 Å². The molecular weight excluding hydrogens is 238 g/mol. The van der Waals surface area contributed by atoms with E-state index in [1.807, 2.05) is 6.92 Å². The summed E-state index contributed by atoms with van der Waals surface area (Å²) in [4.78, 5) is 21.5. The van der Waals surface area contributed by atoms with Crippen molar-refractivity contribution in [3.8, 4) is 0 Å². The minimum absolute atomic E-state index is 0.0262. The fourth-order valence-electron chi connectivity index (χ4n) is 3.65. The molecule has 1 spiro atoms. The average molecular weight is 261 g/mol. The van der Waals surface area contributed by atoms with Crippen molar-refractivity contribution in [1.29, 1.82) is 0 Å². The third-order valence-corrected chi connectivity index (χ3v) is 4.99. The van der Waals surface area contributed by atoms with Crippen molar-refractivity contribution in [3.05, 3.63) is 22.2 Å². The maximum Gasteiger partial charge on any atom is 0.291 e. The molecule has 4 heteroatoms. The van der Waals surface area contributed by atoms with Crippen LogP contribution in [0.2, 0.25) is 0 Å². The van der Waals surface area contributed by atoms with Gasteiger partial charge in [0.05, 0.1) is 0 Å². The standard InChI is InChI=1S/C15H23N3O/c1-2-12-11-16-13(14(19)17-12)18-9-7-15(8-10-18)5-3-4-6-15/h11H,2-10H2,1H3,(H,17,19). The van der Waals surface area contributed by atoms with Gasteiger partial charge in [0, 0.05) is 25.0 Å². The van der Waals surface area contributed by atoms with Crippen molar-refractivity contribution in [2.24, 2.45) is 5.41 Å². The molecule has 0 amide bonds. The maximum absolute atomic E-state index is 12.1. The first-order valence-corrected chi connectivity index (χ1v) is 7.56. The van der Waals surface area contributed by atoms with Gasteiger partial charge in [-0.15, -0.1) is 0 Å². The van der Waals surface area contributed by atoms with E-state index in [9.17, 15) is 4.79 Å². The zero-order chi connectivity index (χ0) is 13.3. The number of aryl methyl sites for hydroxylation is 1. The van der Waals surface area contributed by atoms with Crippen LogP contribution in [0.25, 0.3) is 0 Å². The van der Waals surface area contributed by atoms with Crippen LogP contribution in [0.4, 0.5) is 5.82 Å². The van der Waals surface area contributed by atoms with Crippen LogP contribution in [0.5, 0.6) is 0 Å². The molecule has 1 aromatic rings. The summed E-state index contributed by atoms with van der Waals surface area (Å²) >= 11 is 0. The summed E-state index contributed by atoms with van der Waals surface area (Å²) in [6, 6.07) is 0. The molecule has 0 atom stereocenters. The molecular formula is C15H23N3O. The number of rotatable bonds is 2. The van der Waals surface area contributed by atoms with E-state index in [-0.39, 0.29) is 5.56 Å². The first kappa shape index (κ1) is 12.7. The largest absolute Gasteiger partial charge is 0.352 e. The molecule has 1 N–H and O–H groups in total. The van der Waals surface area contributed by atoms with Gasteiger partial charge >= 0.3 is 0 Å². The van der Waals surface area contributed by atoms with Gasteiger partial charge in [0.1, 0.15) is 0 Å². The van der Waals surface area contributed by atoms with Gasteiger partial charge < -0.3 is 9.88 Å². The number of aromatic amines is 1. The molecule has 0 radical (unpaired) electrons. The van der Waals surface area contributed by atoms with E-state index in [0.717, 1.165) is 25.2 Å². The quantitative estimate of drug-likeness (QED) is 0.890. The van der Waals surface area contributed by atoms with Crippen molar-refractivity contribution in [2.45, 2.75) is 51.9 Å². The predicted octanol–water partition coefficient (Wildman–Crippen LogP) is 2.49. The zero-order valence-electron chi connectivity index (χ0n) is 11.7. The van der Waals surface area contributed by atoms with Gasteiger partial charge in [-0.1, -0.05) is 19.8 Å². The van der Waals surface area contributed by atoms with Crippen LogP contribution in [-0.4, -0.2) is 23.1 Å². The second-order valence-corrected chi connectivity index (χ2v) is 6.11. The van der Waals surface area contributed by atoms with E-state index in [1.165, 1.54) is 38.5 Å². The molecule has 1 aromatic heterocycles. The van der Waals surface area contributed by atoms with Gasteiger partial charge in [-0.3, -0.25) is 4.79 Å². The summed E-state index contributed by atoms with van der Waals surface area (Å²) < 4.78 is 0. The minimum Gasteiger partial charge on any atom is -0.352 e. The summed E-state index contributed by atoms with van der Waals surface area (Å²) in [5, 5.41) is 0. The summed E-state index contributed by atoms with van der Waals surface area (Å²) in [6.45, 7) is 4.00. The number of hydrogen-bond acceptors (Lipinski definition) is 3. The molecule has 0 unspecified atom stereocenters. The molecule has 0 aromatic carbocycles. The molecule has 0 bridgehead atoms. The minimum atomic E-state index is -0.0262. The number of nitrogens with zero attached hydrogens (tertiary/aromatic N) is 2. The van der Waals surface area contributed by atoms with Crippen LogP contribution in [0.15, 0.2) is 11.0 Å². The molecule has 4 nitrogen and oxygen atoms in total. The number of anilines is 1. The number of hydrogen-bond donors (Lipinski definition) is 1. The fourth-order valence-corrected chi connectivity index (χ4v) is 3.65. The Bertz CT molecular complexity index is 492. The molecule has 1 saturated carbocycles. The number of aromatic nitrogens is 2. The highest BCUT2D eigenvalue weighted by atomic mass is 16.1. The molecule has 104 valence electrons. The summed E-state index contributed by atoms with van der Waals surface area (Å²) in [7, 11) is 0. The first-order chi connectivity index (χ1) is 9.22. The van der Waals surface area contributed by atoms with Crippen LogP contribution in [0.1, 0.15) is 51.1 Å². The lowest BCUT2D eigenvalue weighted by Gasteiger charge is -2.39. The topological polar surface area (TPSA) is 49.0 Å². The third-order valence-electron chi connectivity index (χ3n) is 4.99. The van der Waals surface area contributed by atoms with E-state index in [1.54, 1.807) is 6.20 Å². The number of piperidine rings is 1. The third kappa shape index (κ3) is 2.40. The van der Waals surface area contributed by atoms with E-state index in [2.05, 4.69) is 14.9 Å². The monoisotopic (exact) mass is 261 g/mol. The van der Waals surface area contributed by atoms with Crippen LogP contribution in [0.3, 0.4) is 0 Å². The predicted molar refractivity (Wildman–Crippen MR) is 76.6 cm³/mol. The van der Waals surface area contributed by atoms with Crippen molar-refractivity contribution in [2.75, 3.05) is 18.0 Å². The van der Waals surface area contributed by atoms with E-state index in [4.69, 9.17) is 0 Å². The van der Waals surface area contributed by atoms with Gasteiger partial charge in [0.25, 0.3) is 5.56 Å². The summed E-state index contributed by atoms with van der Waals surface area (Å²) in [6.07, 6.45) is 10.6. The van der Waals surface area contributed by atoms with Crippen LogP contribution >= 0.6 is 0 Å². The Morgan fingerprint density at radius 2 is 1.95 bits per heavy atom. The normalized spacial score (nSPS) is 22.1. The van der Waals surface area contributed by atoms with Crippen molar-refractivity contribution >= 4 is 5.82 Å². The van der Waals surface area contributed by atoms with Crippen LogP contribution in [-0.2, 0) is 6.42 Å². The van der Waals surface area contributed by atoms with Gasteiger partial charge in [-0.2, -0.15) is 0 Å². The SMILES string of the molecule is CCc1cnc(N2CCC3(CCCC3)CC2)c(=O)[nH]1. The van der Waals surface area contributed by atoms with Gasteiger partial charge in [-0.05, 0) is 37.5 Å². The second-order valence-electron chi connectivity index (χ2n) is 6.11. The van der Waals surface area contributed by atoms with Crippen LogP contribution in [0, 0.1) is 5.41 Å². The lowest BCUT2D eigenvalue weighted by molar-refractivity contribution is 0.226. The smallest absolute Gasteiger partial charge is 0.291 e. The Morgan fingerprint density at radius 1 is 1.26 bits per heavy atom. The molecule has 2 heterocycles. The Labute approximate surface area is 114 Å². The first-order valence-electron chi connectivity index (χ1n) is 7.56. The Balaban J connectivity index is 1.73. The lowest BCUT2D eigenvalue weighted by atomic mass is 9.77. The van der Waals surface area contributed by atoms with E-state index >= 15 is 0 Å². The van der Waals surface area contributed by atoms with Crippen molar-refractivity contribution in [3.63, 3.8) is 0 Å². The molecule has 2 aliphatic rings. The Morgan fingerprint density at radius 3 is 2.53 bits per heavy atom. The molecule has 1 aliphatic heterocycles. The highest BCUT2D eigenvalue weighted by Crippen LogP contribution is 2.46. The molecule has 1 aliphatic carbocycles. The van der Waals surface area contributed by atoms with Crippen LogP contribution < -0.4 is 10.5 Å². The van der Waals surface area contributed by atoms with Crippen molar-refractivity contribution < 1.29 is 0 Å². The highest BCUT2D eigenvalue weighted by Gasteiger charge is 2.37. The molecule has 19 heavy (non-hydrogen) atoms. The molecule has 2 fully saturated rings. The highest BCUT2D eigenvalue weighted by molar-refractivity contribution is 5.36. The maximum atomic E-state index is 12.1. The number of nitrogens with one attached hydrogen (secondary N) is 1. The second kappa shape index (κ2) is 4.99. The van der Waals surface area contributed by atoms with Gasteiger partial charge in [0.2, 0.25) is 0 Å². The average Bonchev–Trinajstić information content (AvgIpc) is 2.88. The molecule has 3 rings (SSSR count). The van der Waals surface area contributed by atoms with E-state index in [0.29, 0.717) is 11.2 Å². The Hall–Kier alpha value is -1.32.